The molecule has 33 heavy (non-hydrogen) atoms. The molecule has 3 aromatic rings. The van der Waals surface area contributed by atoms with Gasteiger partial charge < -0.3 is 10.2 Å². The van der Waals surface area contributed by atoms with E-state index in [0.29, 0.717) is 31.0 Å². The van der Waals surface area contributed by atoms with Crippen LogP contribution in [0.25, 0.3) is 0 Å². The molecule has 3 aromatic carbocycles. The molecule has 1 amide bonds. The van der Waals surface area contributed by atoms with E-state index in [2.05, 4.69) is 22.3 Å². The summed E-state index contributed by atoms with van der Waals surface area (Å²) in [5, 5.41) is 3.00. The number of hydrogen-bond acceptors (Lipinski definition) is 4. The molecule has 170 valence electrons. The zero-order chi connectivity index (χ0) is 22.8. The molecule has 2 aliphatic rings. The van der Waals surface area contributed by atoms with Crippen LogP contribution in [0.4, 0.5) is 11.4 Å². The van der Waals surface area contributed by atoms with Gasteiger partial charge in [-0.25, -0.2) is 8.42 Å². The fraction of sp³-hybridized carbons (Fsp3) is 0.269. The van der Waals surface area contributed by atoms with E-state index in [4.69, 9.17) is 0 Å². The lowest BCUT2D eigenvalue weighted by molar-refractivity contribution is 0.0948. The molecule has 0 aromatic heterocycles. The van der Waals surface area contributed by atoms with Crippen LogP contribution in [0.2, 0.25) is 0 Å². The van der Waals surface area contributed by atoms with E-state index in [1.165, 1.54) is 16.1 Å². The van der Waals surface area contributed by atoms with Gasteiger partial charge in [-0.05, 0) is 60.7 Å². The number of amides is 1. The highest BCUT2D eigenvalue weighted by Gasteiger charge is 2.31. The average molecular weight is 462 g/mol. The molecule has 0 radical (unpaired) electrons. The molecule has 1 saturated heterocycles. The maximum absolute atomic E-state index is 13.3. The van der Waals surface area contributed by atoms with Crippen LogP contribution in [0, 0.1) is 5.92 Å². The lowest BCUT2D eigenvalue weighted by atomic mass is 10.1. The largest absolute Gasteiger partial charge is 0.371 e. The Bertz CT molecular complexity index is 1260. The van der Waals surface area contributed by atoms with Gasteiger partial charge in [0.1, 0.15) is 0 Å². The molecule has 1 fully saturated rings. The van der Waals surface area contributed by atoms with Crippen molar-refractivity contribution >= 4 is 27.3 Å². The summed E-state index contributed by atoms with van der Waals surface area (Å²) in [6.07, 6.45) is 1.70. The number of sulfonamides is 1. The van der Waals surface area contributed by atoms with Crippen LogP contribution < -0.4 is 14.5 Å². The number of fused-ring (bicyclic) bond motifs is 1. The Hall–Kier alpha value is -3.32. The van der Waals surface area contributed by atoms with Crippen LogP contribution in [0.3, 0.4) is 0 Å². The lowest BCUT2D eigenvalue weighted by Gasteiger charge is -2.20. The third-order valence-corrected chi connectivity index (χ3v) is 8.30. The molecule has 1 N–H and O–H groups in total. The van der Waals surface area contributed by atoms with Gasteiger partial charge in [0.15, 0.2) is 0 Å². The molecule has 7 heteroatoms. The fourth-order valence-corrected chi connectivity index (χ4v) is 6.24. The first-order chi connectivity index (χ1) is 16.0. The molecular weight excluding hydrogens is 434 g/mol. The molecule has 0 saturated carbocycles. The summed E-state index contributed by atoms with van der Waals surface area (Å²) in [4.78, 5) is 15.3. The number of carbonyl (C=O) groups is 1. The van der Waals surface area contributed by atoms with Gasteiger partial charge in [-0.2, -0.15) is 0 Å². The highest BCUT2D eigenvalue weighted by Crippen LogP contribution is 2.32. The normalized spacial score (nSPS) is 17.8. The Labute approximate surface area is 194 Å². The van der Waals surface area contributed by atoms with E-state index in [1.54, 1.807) is 18.2 Å². The maximum Gasteiger partial charge on any atom is 0.264 e. The van der Waals surface area contributed by atoms with Crippen molar-refractivity contribution < 1.29 is 13.2 Å². The van der Waals surface area contributed by atoms with Gasteiger partial charge in [0, 0.05) is 37.4 Å². The minimum atomic E-state index is -3.73. The second-order valence-corrected chi connectivity index (χ2v) is 10.5. The highest BCUT2D eigenvalue weighted by atomic mass is 32.2. The van der Waals surface area contributed by atoms with Crippen molar-refractivity contribution in [3.8, 4) is 0 Å². The summed E-state index contributed by atoms with van der Waals surface area (Å²) in [6.45, 7) is 2.85. The topological polar surface area (TPSA) is 69.7 Å². The molecule has 2 heterocycles. The SMILES string of the molecule is O=C(NCC1CCN(c2ccccc2)C1)c1cccc(S(=O)(=O)N2CCc3ccccc32)c1. The molecule has 0 bridgehead atoms. The Morgan fingerprint density at radius 2 is 1.73 bits per heavy atom. The molecule has 5 rings (SSSR count). The van der Waals surface area contributed by atoms with Crippen molar-refractivity contribution in [1.29, 1.82) is 0 Å². The first-order valence-electron chi connectivity index (χ1n) is 11.3. The number of nitrogens with one attached hydrogen (secondary N) is 1. The summed E-state index contributed by atoms with van der Waals surface area (Å²) in [5.74, 6) is 0.120. The zero-order valence-corrected chi connectivity index (χ0v) is 19.2. The predicted molar refractivity (Wildman–Crippen MR) is 130 cm³/mol. The zero-order valence-electron chi connectivity index (χ0n) is 18.4. The minimum absolute atomic E-state index is 0.142. The predicted octanol–water partition coefficient (Wildman–Crippen LogP) is 3.69. The number of hydrogen-bond donors (Lipinski definition) is 1. The number of rotatable bonds is 6. The van der Waals surface area contributed by atoms with Crippen molar-refractivity contribution in [3.05, 3.63) is 90.0 Å². The van der Waals surface area contributed by atoms with E-state index in [1.807, 2.05) is 42.5 Å². The Kier molecular flexibility index (Phi) is 5.81. The van der Waals surface area contributed by atoms with Gasteiger partial charge in [0.25, 0.3) is 15.9 Å². The van der Waals surface area contributed by atoms with Gasteiger partial charge in [-0.1, -0.05) is 42.5 Å². The highest BCUT2D eigenvalue weighted by molar-refractivity contribution is 7.92. The van der Waals surface area contributed by atoms with E-state index in [-0.39, 0.29) is 10.8 Å². The van der Waals surface area contributed by atoms with Gasteiger partial charge in [0.05, 0.1) is 10.6 Å². The van der Waals surface area contributed by atoms with Gasteiger partial charge >= 0.3 is 0 Å². The Morgan fingerprint density at radius 1 is 0.939 bits per heavy atom. The van der Waals surface area contributed by atoms with E-state index < -0.39 is 10.0 Å². The van der Waals surface area contributed by atoms with E-state index >= 15 is 0 Å². The molecule has 0 aliphatic carbocycles. The van der Waals surface area contributed by atoms with Crippen molar-refractivity contribution in [2.45, 2.75) is 17.7 Å². The summed E-state index contributed by atoms with van der Waals surface area (Å²) < 4.78 is 28.0. The number of nitrogens with zero attached hydrogens (tertiary/aromatic N) is 2. The third kappa shape index (κ3) is 4.33. The second kappa shape index (κ2) is 8.90. The van der Waals surface area contributed by atoms with Crippen LogP contribution in [-0.2, 0) is 16.4 Å². The molecular formula is C26H27N3O3S. The summed E-state index contributed by atoms with van der Waals surface area (Å²) in [7, 11) is -3.73. The first kappa shape index (κ1) is 21.5. The number of benzene rings is 3. The number of carbonyl (C=O) groups excluding carboxylic acids is 1. The molecule has 1 unspecified atom stereocenters. The quantitative estimate of drug-likeness (QED) is 0.608. The van der Waals surface area contributed by atoms with Crippen molar-refractivity contribution in [3.63, 3.8) is 0 Å². The van der Waals surface area contributed by atoms with Gasteiger partial charge in [0.2, 0.25) is 0 Å². The molecule has 6 nitrogen and oxygen atoms in total. The van der Waals surface area contributed by atoms with Gasteiger partial charge in [-0.15, -0.1) is 0 Å². The van der Waals surface area contributed by atoms with E-state index in [9.17, 15) is 13.2 Å². The maximum atomic E-state index is 13.3. The van der Waals surface area contributed by atoms with E-state index in [0.717, 1.165) is 30.8 Å². The Morgan fingerprint density at radius 3 is 2.58 bits per heavy atom. The van der Waals surface area contributed by atoms with Crippen LogP contribution in [0.15, 0.2) is 83.8 Å². The molecule has 0 spiro atoms. The molecule has 2 aliphatic heterocycles. The van der Waals surface area contributed by atoms with Crippen LogP contribution in [0.5, 0.6) is 0 Å². The van der Waals surface area contributed by atoms with Crippen LogP contribution in [-0.4, -0.2) is 40.5 Å². The third-order valence-electron chi connectivity index (χ3n) is 6.49. The number of anilines is 2. The van der Waals surface area contributed by atoms with Crippen molar-refractivity contribution in [2.75, 3.05) is 35.4 Å². The Balaban J connectivity index is 1.24. The fourth-order valence-electron chi connectivity index (χ4n) is 4.69. The second-order valence-electron chi connectivity index (χ2n) is 8.63. The lowest BCUT2D eigenvalue weighted by Crippen LogP contribution is -2.32. The van der Waals surface area contributed by atoms with Crippen LogP contribution >= 0.6 is 0 Å². The van der Waals surface area contributed by atoms with Crippen molar-refractivity contribution in [2.24, 2.45) is 5.92 Å². The van der Waals surface area contributed by atoms with Crippen LogP contribution in [0.1, 0.15) is 22.3 Å². The monoisotopic (exact) mass is 461 g/mol. The summed E-state index contributed by atoms with van der Waals surface area (Å²) in [5.41, 5.74) is 3.31. The summed E-state index contributed by atoms with van der Waals surface area (Å²) in [6, 6.07) is 24.2. The standard InChI is InChI=1S/C26H27N3O3S/c30-26(27-18-20-13-15-28(19-20)23-9-2-1-3-10-23)22-8-6-11-24(17-22)33(31,32)29-16-14-21-7-4-5-12-25(21)29/h1-12,17,20H,13-16,18-19H2,(H,27,30). The first-order valence-corrected chi connectivity index (χ1v) is 12.8. The smallest absolute Gasteiger partial charge is 0.264 e. The average Bonchev–Trinajstić information content (AvgIpc) is 3.51. The number of para-hydroxylation sites is 2. The van der Waals surface area contributed by atoms with Crippen molar-refractivity contribution in [1.82, 2.24) is 5.32 Å². The van der Waals surface area contributed by atoms with Gasteiger partial charge in [-0.3, -0.25) is 9.10 Å². The minimum Gasteiger partial charge on any atom is -0.371 e. The summed E-state index contributed by atoms with van der Waals surface area (Å²) >= 11 is 0. The molecule has 1 atom stereocenters.